The molecule has 0 bridgehead atoms. The van der Waals surface area contributed by atoms with Crippen molar-refractivity contribution in [2.45, 2.75) is 24.8 Å². The van der Waals surface area contributed by atoms with E-state index < -0.39 is 20.9 Å². The molecule has 0 saturated carbocycles. The Labute approximate surface area is 166 Å². The van der Waals surface area contributed by atoms with Crippen LogP contribution in [0, 0.1) is 10.1 Å². The third-order valence-electron chi connectivity index (χ3n) is 3.94. The van der Waals surface area contributed by atoms with E-state index in [0.717, 1.165) is 18.2 Å². The van der Waals surface area contributed by atoms with Crippen molar-refractivity contribution in [3.63, 3.8) is 0 Å². The number of phenols is 1. The van der Waals surface area contributed by atoms with Gasteiger partial charge < -0.3 is 10.4 Å². The number of hydrogen-bond donors (Lipinski definition) is 3. The number of carbonyl (C=O) groups is 2. The van der Waals surface area contributed by atoms with Gasteiger partial charge in [0.2, 0.25) is 15.9 Å². The van der Waals surface area contributed by atoms with Crippen LogP contribution in [0.1, 0.15) is 29.3 Å². The van der Waals surface area contributed by atoms with E-state index in [0.29, 0.717) is 0 Å². The number of non-ortho nitro benzene ring substituents is 1. The van der Waals surface area contributed by atoms with Crippen LogP contribution in [-0.2, 0) is 21.4 Å². The van der Waals surface area contributed by atoms with Crippen molar-refractivity contribution in [2.75, 3.05) is 6.54 Å². The first kappa shape index (κ1) is 22.0. The van der Waals surface area contributed by atoms with Gasteiger partial charge in [0.05, 0.1) is 9.82 Å². The number of amides is 1. The third-order valence-corrected chi connectivity index (χ3v) is 5.40. The molecule has 2 aromatic rings. The molecule has 10 nitrogen and oxygen atoms in total. The summed E-state index contributed by atoms with van der Waals surface area (Å²) in [5, 5.41) is 22.9. The summed E-state index contributed by atoms with van der Waals surface area (Å²) in [5.74, 6) is -0.996. The van der Waals surface area contributed by atoms with Crippen LogP contribution in [0.2, 0.25) is 0 Å². The summed E-state index contributed by atoms with van der Waals surface area (Å²) in [5.41, 5.74) is 0.184. The number of carbonyl (C=O) groups excluding carboxylic acids is 2. The van der Waals surface area contributed by atoms with Gasteiger partial charge in [-0.05, 0) is 25.1 Å². The fourth-order valence-corrected chi connectivity index (χ4v) is 3.45. The number of ketones is 1. The summed E-state index contributed by atoms with van der Waals surface area (Å²) in [7, 11) is -3.90. The predicted octanol–water partition coefficient (Wildman–Crippen LogP) is 1.49. The van der Waals surface area contributed by atoms with E-state index in [1.165, 1.54) is 31.2 Å². The Morgan fingerprint density at radius 3 is 2.55 bits per heavy atom. The van der Waals surface area contributed by atoms with Crippen molar-refractivity contribution in [1.29, 1.82) is 0 Å². The zero-order chi connectivity index (χ0) is 21.6. The zero-order valence-corrected chi connectivity index (χ0v) is 16.2. The van der Waals surface area contributed by atoms with Crippen molar-refractivity contribution in [2.24, 2.45) is 0 Å². The fraction of sp³-hybridized carbons (Fsp3) is 0.222. The van der Waals surface area contributed by atoms with Crippen LogP contribution in [0.5, 0.6) is 5.75 Å². The maximum absolute atomic E-state index is 12.3. The predicted molar refractivity (Wildman–Crippen MR) is 103 cm³/mol. The molecule has 0 radical (unpaired) electrons. The summed E-state index contributed by atoms with van der Waals surface area (Å²) in [6.45, 7) is 0.974. The third kappa shape index (κ3) is 6.09. The second-order valence-electron chi connectivity index (χ2n) is 6.08. The molecule has 2 rings (SSSR count). The molecule has 0 fully saturated rings. The molecule has 0 aliphatic carbocycles. The molecule has 0 aliphatic heterocycles. The van der Waals surface area contributed by atoms with Crippen molar-refractivity contribution < 1.29 is 28.0 Å². The molecular formula is C18H19N3O7S. The van der Waals surface area contributed by atoms with Crippen molar-refractivity contribution in [3.8, 4) is 5.75 Å². The summed E-state index contributed by atoms with van der Waals surface area (Å²) in [4.78, 5) is 33.3. The van der Waals surface area contributed by atoms with Gasteiger partial charge in [-0.1, -0.05) is 12.1 Å². The lowest BCUT2D eigenvalue weighted by Gasteiger charge is -2.09. The number of nitro groups is 1. The van der Waals surface area contributed by atoms with Crippen LogP contribution >= 0.6 is 0 Å². The Kier molecular flexibility index (Phi) is 7.02. The Morgan fingerprint density at radius 2 is 1.90 bits per heavy atom. The number of rotatable bonds is 9. The van der Waals surface area contributed by atoms with Gasteiger partial charge in [0.25, 0.3) is 5.69 Å². The second-order valence-corrected chi connectivity index (χ2v) is 7.85. The standard InChI is InChI=1S/C18H19N3O7S/c1-12(22)13-3-2-4-16(10-13)29(27,28)20-8-7-18(24)19-11-14-9-15(21(25)26)5-6-17(14)23/h2-6,9-10,20,23H,7-8,11H2,1H3,(H,19,24). The van der Waals surface area contributed by atoms with Crippen molar-refractivity contribution in [3.05, 3.63) is 63.7 Å². The minimum Gasteiger partial charge on any atom is -0.508 e. The molecule has 0 heterocycles. The minimum absolute atomic E-state index is 0.0906. The van der Waals surface area contributed by atoms with E-state index in [9.17, 15) is 33.2 Å². The Morgan fingerprint density at radius 1 is 1.17 bits per heavy atom. The number of aromatic hydroxyl groups is 1. The maximum Gasteiger partial charge on any atom is 0.270 e. The van der Waals surface area contributed by atoms with Gasteiger partial charge in [0.1, 0.15) is 5.75 Å². The lowest BCUT2D eigenvalue weighted by atomic mass is 10.1. The van der Waals surface area contributed by atoms with Gasteiger partial charge in [-0.15, -0.1) is 0 Å². The monoisotopic (exact) mass is 421 g/mol. The number of nitro benzene ring substituents is 1. The van der Waals surface area contributed by atoms with E-state index >= 15 is 0 Å². The summed E-state index contributed by atoms with van der Waals surface area (Å²) in [6, 6.07) is 8.96. The lowest BCUT2D eigenvalue weighted by Crippen LogP contribution is -2.30. The molecule has 3 N–H and O–H groups in total. The molecule has 1 amide bonds. The van der Waals surface area contributed by atoms with Crippen LogP contribution in [0.4, 0.5) is 5.69 Å². The number of nitrogens with zero attached hydrogens (tertiary/aromatic N) is 1. The number of sulfonamides is 1. The minimum atomic E-state index is -3.90. The molecule has 11 heteroatoms. The van der Waals surface area contributed by atoms with E-state index in [2.05, 4.69) is 10.0 Å². The molecule has 0 aromatic heterocycles. The smallest absolute Gasteiger partial charge is 0.270 e. The topological polar surface area (TPSA) is 156 Å². The number of nitrogens with one attached hydrogen (secondary N) is 2. The highest BCUT2D eigenvalue weighted by Gasteiger charge is 2.16. The van der Waals surface area contributed by atoms with Crippen LogP contribution in [-0.4, -0.2) is 36.7 Å². The first-order valence-electron chi connectivity index (χ1n) is 8.44. The van der Waals surface area contributed by atoms with Crippen molar-refractivity contribution >= 4 is 27.4 Å². The molecule has 154 valence electrons. The number of hydrogen-bond acceptors (Lipinski definition) is 7. The SMILES string of the molecule is CC(=O)c1cccc(S(=O)(=O)NCCC(=O)NCc2cc([N+](=O)[O-])ccc2O)c1. The van der Waals surface area contributed by atoms with Gasteiger partial charge in [-0.3, -0.25) is 19.7 Å². The number of benzene rings is 2. The molecule has 0 atom stereocenters. The Bertz CT molecular complexity index is 1050. The van der Waals surface area contributed by atoms with Crippen LogP contribution in [0.25, 0.3) is 0 Å². The Hall–Kier alpha value is -3.31. The van der Waals surface area contributed by atoms with Crippen LogP contribution in [0.15, 0.2) is 47.4 Å². The summed E-state index contributed by atoms with van der Waals surface area (Å²) in [6.07, 6.45) is -0.193. The van der Waals surface area contributed by atoms with E-state index in [1.807, 2.05) is 0 Å². The highest BCUT2D eigenvalue weighted by molar-refractivity contribution is 7.89. The Balaban J connectivity index is 1.90. The average Bonchev–Trinajstić information content (AvgIpc) is 2.67. The molecule has 0 spiro atoms. The normalized spacial score (nSPS) is 11.1. The average molecular weight is 421 g/mol. The molecule has 0 saturated heterocycles. The van der Waals surface area contributed by atoms with E-state index in [1.54, 1.807) is 0 Å². The second kappa shape index (κ2) is 9.26. The van der Waals surface area contributed by atoms with Gasteiger partial charge in [0.15, 0.2) is 5.78 Å². The van der Waals surface area contributed by atoms with Gasteiger partial charge in [-0.25, -0.2) is 13.1 Å². The summed E-state index contributed by atoms with van der Waals surface area (Å²) >= 11 is 0. The maximum atomic E-state index is 12.3. The van der Waals surface area contributed by atoms with Crippen LogP contribution in [0.3, 0.4) is 0 Å². The van der Waals surface area contributed by atoms with Gasteiger partial charge >= 0.3 is 0 Å². The van der Waals surface area contributed by atoms with E-state index in [-0.39, 0.29) is 52.8 Å². The highest BCUT2D eigenvalue weighted by Crippen LogP contribution is 2.22. The first-order chi connectivity index (χ1) is 13.6. The summed E-state index contributed by atoms with van der Waals surface area (Å²) < 4.78 is 26.8. The first-order valence-corrected chi connectivity index (χ1v) is 9.92. The van der Waals surface area contributed by atoms with Crippen LogP contribution < -0.4 is 10.0 Å². The zero-order valence-electron chi connectivity index (χ0n) is 15.4. The van der Waals surface area contributed by atoms with Gasteiger partial charge in [-0.2, -0.15) is 0 Å². The highest BCUT2D eigenvalue weighted by atomic mass is 32.2. The van der Waals surface area contributed by atoms with E-state index in [4.69, 9.17) is 0 Å². The number of phenolic OH excluding ortho intramolecular Hbond substituents is 1. The van der Waals surface area contributed by atoms with Crippen molar-refractivity contribution in [1.82, 2.24) is 10.0 Å². The number of Topliss-reactive ketones (excluding diaryl/α,β-unsaturated/α-hetero) is 1. The van der Waals surface area contributed by atoms with Gasteiger partial charge in [0, 0.05) is 42.8 Å². The molecule has 0 unspecified atom stereocenters. The lowest BCUT2D eigenvalue weighted by molar-refractivity contribution is -0.384. The quantitative estimate of drug-likeness (QED) is 0.314. The molecule has 29 heavy (non-hydrogen) atoms. The molecular weight excluding hydrogens is 402 g/mol. The molecule has 2 aromatic carbocycles. The molecule has 0 aliphatic rings. The fourth-order valence-electron chi connectivity index (χ4n) is 2.37. The largest absolute Gasteiger partial charge is 0.508 e.